The van der Waals surface area contributed by atoms with Crippen LogP contribution in [0, 0.1) is 5.82 Å². The molecule has 0 aromatic heterocycles. The molecule has 1 aliphatic rings. The first-order chi connectivity index (χ1) is 8.29. The van der Waals surface area contributed by atoms with Crippen molar-refractivity contribution in [2.24, 2.45) is 0 Å². The average molecular weight is 235 g/mol. The summed E-state index contributed by atoms with van der Waals surface area (Å²) in [6.45, 7) is 1.56. The Balaban J connectivity index is 1.87. The predicted octanol–water partition coefficient (Wildman–Crippen LogP) is 2.42. The number of halogens is 1. The van der Waals surface area contributed by atoms with Crippen molar-refractivity contribution < 1.29 is 9.18 Å². The summed E-state index contributed by atoms with van der Waals surface area (Å²) in [5, 5.41) is 0. The molecule has 0 unspecified atom stereocenters. The van der Waals surface area contributed by atoms with Gasteiger partial charge in [0.05, 0.1) is 6.54 Å². The molecule has 1 fully saturated rings. The van der Waals surface area contributed by atoms with Crippen LogP contribution in [0.25, 0.3) is 0 Å². The van der Waals surface area contributed by atoms with Crippen LogP contribution in [0.4, 0.5) is 4.39 Å². The SMILES string of the molecule is O=CCN1CCC[C@H]1CCc1cccc(F)c1. The first-order valence-corrected chi connectivity index (χ1v) is 6.22. The summed E-state index contributed by atoms with van der Waals surface area (Å²) in [4.78, 5) is 12.8. The zero-order valence-corrected chi connectivity index (χ0v) is 9.94. The van der Waals surface area contributed by atoms with Crippen LogP contribution < -0.4 is 0 Å². The van der Waals surface area contributed by atoms with Gasteiger partial charge in [0.25, 0.3) is 0 Å². The van der Waals surface area contributed by atoms with Crippen LogP contribution in [0.2, 0.25) is 0 Å². The molecule has 1 saturated heterocycles. The molecule has 1 aromatic carbocycles. The van der Waals surface area contributed by atoms with Crippen molar-refractivity contribution in [3.8, 4) is 0 Å². The van der Waals surface area contributed by atoms with Gasteiger partial charge in [-0.1, -0.05) is 12.1 Å². The van der Waals surface area contributed by atoms with Crippen molar-refractivity contribution in [2.75, 3.05) is 13.1 Å². The van der Waals surface area contributed by atoms with E-state index < -0.39 is 0 Å². The summed E-state index contributed by atoms with van der Waals surface area (Å²) in [5.74, 6) is -0.168. The van der Waals surface area contributed by atoms with Gasteiger partial charge in [-0.2, -0.15) is 0 Å². The largest absolute Gasteiger partial charge is 0.302 e. The molecule has 0 N–H and O–H groups in total. The highest BCUT2D eigenvalue weighted by Crippen LogP contribution is 2.21. The zero-order chi connectivity index (χ0) is 12.1. The van der Waals surface area contributed by atoms with Crippen molar-refractivity contribution in [1.82, 2.24) is 4.90 Å². The summed E-state index contributed by atoms with van der Waals surface area (Å²) in [5.41, 5.74) is 1.04. The van der Waals surface area contributed by atoms with E-state index in [9.17, 15) is 9.18 Å². The maximum absolute atomic E-state index is 13.0. The van der Waals surface area contributed by atoms with E-state index in [0.29, 0.717) is 12.6 Å². The lowest BCUT2D eigenvalue weighted by Gasteiger charge is -2.21. The van der Waals surface area contributed by atoms with E-state index in [2.05, 4.69) is 4.90 Å². The maximum atomic E-state index is 13.0. The van der Waals surface area contributed by atoms with E-state index in [1.165, 1.54) is 12.5 Å². The molecule has 0 radical (unpaired) electrons. The standard InChI is InChI=1S/C14H18FNO/c15-13-4-1-3-12(11-13)6-7-14-5-2-8-16(14)9-10-17/h1,3-4,10-11,14H,2,5-9H2/t14-/m0/s1. The Kier molecular flexibility index (Phi) is 4.26. The van der Waals surface area contributed by atoms with E-state index in [0.717, 1.165) is 37.7 Å². The second-order valence-electron chi connectivity index (χ2n) is 4.63. The van der Waals surface area contributed by atoms with Crippen LogP contribution in [-0.2, 0) is 11.2 Å². The quantitative estimate of drug-likeness (QED) is 0.730. The molecule has 92 valence electrons. The normalized spacial score (nSPS) is 20.6. The number of hydrogen-bond acceptors (Lipinski definition) is 2. The van der Waals surface area contributed by atoms with E-state index in [1.807, 2.05) is 6.07 Å². The fourth-order valence-electron chi connectivity index (χ4n) is 2.58. The van der Waals surface area contributed by atoms with Crippen LogP contribution in [0.5, 0.6) is 0 Å². The molecule has 1 atom stereocenters. The van der Waals surface area contributed by atoms with E-state index in [1.54, 1.807) is 12.1 Å². The predicted molar refractivity (Wildman–Crippen MR) is 65.4 cm³/mol. The Hall–Kier alpha value is -1.22. The molecule has 17 heavy (non-hydrogen) atoms. The minimum absolute atomic E-state index is 0.168. The van der Waals surface area contributed by atoms with E-state index >= 15 is 0 Å². The van der Waals surface area contributed by atoms with Crippen molar-refractivity contribution in [2.45, 2.75) is 31.7 Å². The Morgan fingerprint density at radius 1 is 1.47 bits per heavy atom. The number of rotatable bonds is 5. The summed E-state index contributed by atoms with van der Waals surface area (Å²) < 4.78 is 13.0. The molecule has 2 rings (SSSR count). The topological polar surface area (TPSA) is 20.3 Å². The lowest BCUT2D eigenvalue weighted by atomic mass is 10.0. The molecule has 0 saturated carbocycles. The smallest absolute Gasteiger partial charge is 0.133 e. The fraction of sp³-hybridized carbons (Fsp3) is 0.500. The first kappa shape index (κ1) is 12.2. The monoisotopic (exact) mass is 235 g/mol. The van der Waals surface area contributed by atoms with Gasteiger partial charge in [-0.05, 0) is 49.9 Å². The average Bonchev–Trinajstić information content (AvgIpc) is 2.75. The van der Waals surface area contributed by atoms with Gasteiger partial charge in [0.1, 0.15) is 12.1 Å². The molecule has 0 amide bonds. The van der Waals surface area contributed by atoms with Crippen molar-refractivity contribution in [3.63, 3.8) is 0 Å². The lowest BCUT2D eigenvalue weighted by molar-refractivity contribution is -0.109. The molecule has 2 nitrogen and oxygen atoms in total. The van der Waals surface area contributed by atoms with Crippen molar-refractivity contribution in [1.29, 1.82) is 0 Å². The minimum atomic E-state index is -0.168. The van der Waals surface area contributed by atoms with Gasteiger partial charge in [0, 0.05) is 6.04 Å². The third-order valence-corrected chi connectivity index (χ3v) is 3.46. The highest BCUT2D eigenvalue weighted by atomic mass is 19.1. The summed E-state index contributed by atoms with van der Waals surface area (Å²) >= 11 is 0. The zero-order valence-electron chi connectivity index (χ0n) is 9.94. The Bertz CT molecular complexity index is 380. The van der Waals surface area contributed by atoms with Crippen molar-refractivity contribution >= 4 is 6.29 Å². The molecule has 0 aliphatic carbocycles. The van der Waals surface area contributed by atoms with Crippen LogP contribution >= 0.6 is 0 Å². The van der Waals surface area contributed by atoms with Gasteiger partial charge >= 0.3 is 0 Å². The van der Waals surface area contributed by atoms with E-state index in [-0.39, 0.29) is 5.82 Å². The summed E-state index contributed by atoms with van der Waals surface area (Å²) in [7, 11) is 0. The first-order valence-electron chi connectivity index (χ1n) is 6.22. The molecule has 1 aromatic rings. The van der Waals surface area contributed by atoms with Crippen molar-refractivity contribution in [3.05, 3.63) is 35.6 Å². The number of aldehydes is 1. The molecule has 3 heteroatoms. The molecule has 1 aliphatic heterocycles. The van der Waals surface area contributed by atoms with Gasteiger partial charge < -0.3 is 4.79 Å². The number of benzene rings is 1. The number of carbonyl (C=O) groups is 1. The molecule has 0 bridgehead atoms. The molecule has 0 spiro atoms. The third-order valence-electron chi connectivity index (χ3n) is 3.46. The minimum Gasteiger partial charge on any atom is -0.302 e. The molecular formula is C14H18FNO. The second kappa shape index (κ2) is 5.92. The van der Waals surface area contributed by atoms with Gasteiger partial charge in [0.2, 0.25) is 0 Å². The number of aryl methyl sites for hydroxylation is 1. The Morgan fingerprint density at radius 3 is 3.12 bits per heavy atom. The van der Waals surface area contributed by atoms with Crippen LogP contribution in [0.1, 0.15) is 24.8 Å². The van der Waals surface area contributed by atoms with Crippen LogP contribution in [0.15, 0.2) is 24.3 Å². The van der Waals surface area contributed by atoms with Gasteiger partial charge in [-0.25, -0.2) is 4.39 Å². The highest BCUT2D eigenvalue weighted by molar-refractivity contribution is 5.52. The van der Waals surface area contributed by atoms with Crippen LogP contribution in [-0.4, -0.2) is 30.3 Å². The van der Waals surface area contributed by atoms with E-state index in [4.69, 9.17) is 0 Å². The highest BCUT2D eigenvalue weighted by Gasteiger charge is 2.23. The second-order valence-corrected chi connectivity index (χ2v) is 4.63. The Labute approximate surface area is 101 Å². The van der Waals surface area contributed by atoms with Gasteiger partial charge in [-0.3, -0.25) is 4.90 Å². The van der Waals surface area contributed by atoms with Gasteiger partial charge in [-0.15, -0.1) is 0 Å². The third kappa shape index (κ3) is 3.37. The number of likely N-dealkylation sites (tertiary alicyclic amines) is 1. The van der Waals surface area contributed by atoms with Crippen LogP contribution in [0.3, 0.4) is 0 Å². The lowest BCUT2D eigenvalue weighted by Crippen LogP contribution is -2.31. The maximum Gasteiger partial charge on any atom is 0.133 e. The van der Waals surface area contributed by atoms with Gasteiger partial charge in [0.15, 0.2) is 0 Å². The number of hydrogen-bond donors (Lipinski definition) is 0. The Morgan fingerprint density at radius 2 is 2.35 bits per heavy atom. The fourth-order valence-corrected chi connectivity index (χ4v) is 2.58. The number of carbonyl (C=O) groups excluding carboxylic acids is 1. The summed E-state index contributed by atoms with van der Waals surface area (Å²) in [6.07, 6.45) is 5.19. The number of nitrogens with zero attached hydrogens (tertiary/aromatic N) is 1. The molecular weight excluding hydrogens is 217 g/mol. The summed E-state index contributed by atoms with van der Waals surface area (Å²) in [6, 6.07) is 7.27. The molecule has 1 heterocycles.